The molecular formula is C10H10FN5O. The van der Waals surface area contributed by atoms with Crippen LogP contribution >= 0.6 is 0 Å². The summed E-state index contributed by atoms with van der Waals surface area (Å²) in [6.07, 6.45) is 2.30. The Morgan fingerprint density at radius 2 is 2.41 bits per heavy atom. The number of ketones is 1. The van der Waals surface area contributed by atoms with E-state index in [-0.39, 0.29) is 17.4 Å². The van der Waals surface area contributed by atoms with Crippen LogP contribution in [0.25, 0.3) is 0 Å². The van der Waals surface area contributed by atoms with Gasteiger partial charge in [-0.3, -0.25) is 9.48 Å². The third kappa shape index (κ3) is 1.54. The van der Waals surface area contributed by atoms with Crippen LogP contribution in [0.15, 0.2) is 12.4 Å². The number of nitrogens with zero attached hydrogens (tertiary/aromatic N) is 5. The molecule has 1 atom stereocenters. The molecule has 0 radical (unpaired) electrons. The summed E-state index contributed by atoms with van der Waals surface area (Å²) in [4.78, 5) is 15.9. The molecule has 1 aliphatic rings. The highest BCUT2D eigenvalue weighted by Gasteiger charge is 2.28. The Morgan fingerprint density at radius 3 is 3.06 bits per heavy atom. The quantitative estimate of drug-likeness (QED) is 0.717. The number of halogens is 1. The molecule has 2 aromatic heterocycles. The van der Waals surface area contributed by atoms with Gasteiger partial charge in [0, 0.05) is 26.2 Å². The van der Waals surface area contributed by atoms with Crippen LogP contribution in [0.2, 0.25) is 0 Å². The Labute approximate surface area is 96.1 Å². The number of carbonyl (C=O) groups excluding carboxylic acids is 1. The third-order valence-corrected chi connectivity index (χ3v) is 2.75. The zero-order valence-electron chi connectivity index (χ0n) is 9.17. The first kappa shape index (κ1) is 10.1. The smallest absolute Gasteiger partial charge is 0.235 e. The van der Waals surface area contributed by atoms with Gasteiger partial charge in [-0.2, -0.15) is 5.10 Å². The normalized spacial score (nSPS) is 18.4. The van der Waals surface area contributed by atoms with Gasteiger partial charge in [0.15, 0.2) is 12.0 Å². The minimum atomic E-state index is -1.11. The van der Waals surface area contributed by atoms with Crippen LogP contribution in [-0.4, -0.2) is 30.3 Å². The molecule has 0 aliphatic carbocycles. The summed E-state index contributed by atoms with van der Waals surface area (Å²) >= 11 is 0. The van der Waals surface area contributed by atoms with Crippen LogP contribution in [-0.2, 0) is 13.6 Å². The van der Waals surface area contributed by atoms with Crippen LogP contribution in [0.4, 0.5) is 4.39 Å². The zero-order chi connectivity index (χ0) is 12.0. The van der Waals surface area contributed by atoms with Crippen molar-refractivity contribution in [3.8, 4) is 0 Å². The number of carbonyl (C=O) groups is 1. The average molecular weight is 235 g/mol. The van der Waals surface area contributed by atoms with Crippen molar-refractivity contribution >= 4 is 5.78 Å². The molecule has 88 valence electrons. The molecule has 0 amide bonds. The van der Waals surface area contributed by atoms with Gasteiger partial charge in [-0.25, -0.2) is 14.1 Å². The largest absolute Gasteiger partial charge is 0.285 e. The predicted octanol–water partition coefficient (Wildman–Crippen LogP) is 0.657. The monoisotopic (exact) mass is 235 g/mol. The van der Waals surface area contributed by atoms with E-state index in [1.807, 2.05) is 0 Å². The van der Waals surface area contributed by atoms with Gasteiger partial charge >= 0.3 is 0 Å². The molecule has 0 N–H and O–H groups in total. The summed E-state index contributed by atoms with van der Waals surface area (Å²) in [7, 11) is 1.72. The predicted molar refractivity (Wildman–Crippen MR) is 55.1 cm³/mol. The minimum absolute atomic E-state index is 0.0374. The van der Waals surface area contributed by atoms with Crippen LogP contribution in [0, 0.1) is 0 Å². The summed E-state index contributed by atoms with van der Waals surface area (Å²) in [5.41, 5.74) is 0.409. The van der Waals surface area contributed by atoms with E-state index in [2.05, 4.69) is 15.2 Å². The summed E-state index contributed by atoms with van der Waals surface area (Å²) in [5.74, 6) is -0.0419. The van der Waals surface area contributed by atoms with Crippen molar-refractivity contribution in [2.24, 2.45) is 7.05 Å². The van der Waals surface area contributed by atoms with E-state index in [1.54, 1.807) is 13.2 Å². The fourth-order valence-corrected chi connectivity index (χ4v) is 1.88. The van der Waals surface area contributed by atoms with Gasteiger partial charge < -0.3 is 0 Å². The maximum absolute atomic E-state index is 13.3. The highest BCUT2D eigenvalue weighted by Crippen LogP contribution is 2.27. The van der Waals surface area contributed by atoms with E-state index >= 15 is 0 Å². The summed E-state index contributed by atoms with van der Waals surface area (Å²) in [5, 5.41) is 7.91. The van der Waals surface area contributed by atoms with Gasteiger partial charge in [-0.15, -0.1) is 5.10 Å². The molecule has 0 unspecified atom stereocenters. The highest BCUT2D eigenvalue weighted by atomic mass is 19.1. The fraction of sp³-hybridized carbons (Fsp3) is 0.400. The lowest BCUT2D eigenvalue weighted by Crippen LogP contribution is -2.05. The lowest BCUT2D eigenvalue weighted by atomic mass is 10.2. The maximum atomic E-state index is 13.3. The Bertz CT molecular complexity index is 587. The number of alkyl halides is 1. The summed E-state index contributed by atoms with van der Waals surface area (Å²) in [6.45, 7) is 0.476. The molecule has 1 aliphatic heterocycles. The van der Waals surface area contributed by atoms with Crippen molar-refractivity contribution < 1.29 is 9.18 Å². The molecule has 3 heterocycles. The number of aromatic nitrogens is 5. The van der Waals surface area contributed by atoms with E-state index in [0.717, 1.165) is 0 Å². The van der Waals surface area contributed by atoms with Crippen molar-refractivity contribution in [3.05, 3.63) is 29.6 Å². The first-order valence-electron chi connectivity index (χ1n) is 5.27. The Balaban J connectivity index is 1.95. The van der Waals surface area contributed by atoms with E-state index < -0.39 is 6.17 Å². The van der Waals surface area contributed by atoms with Gasteiger partial charge in [0.05, 0.1) is 11.8 Å². The van der Waals surface area contributed by atoms with Crippen molar-refractivity contribution in [1.29, 1.82) is 0 Å². The van der Waals surface area contributed by atoms with Crippen LogP contribution < -0.4 is 0 Å². The molecular weight excluding hydrogens is 225 g/mol. The third-order valence-electron chi connectivity index (χ3n) is 2.75. The first-order valence-corrected chi connectivity index (χ1v) is 5.27. The van der Waals surface area contributed by atoms with Crippen LogP contribution in [0.5, 0.6) is 0 Å². The number of fused-ring (bicyclic) bond motifs is 1. The van der Waals surface area contributed by atoms with Gasteiger partial charge in [-0.05, 0) is 0 Å². The van der Waals surface area contributed by atoms with Gasteiger partial charge in [0.2, 0.25) is 11.6 Å². The van der Waals surface area contributed by atoms with Gasteiger partial charge in [-0.1, -0.05) is 0 Å². The van der Waals surface area contributed by atoms with Gasteiger partial charge in [0.25, 0.3) is 0 Å². The zero-order valence-corrected chi connectivity index (χ0v) is 9.17. The molecule has 2 aromatic rings. The standard InChI is InChI=1S/C10H10FN5O/c1-15-5-6(4-12-15)8(17)9-13-10-7(11)2-3-16(10)14-9/h4-5,7H,2-3H2,1H3/t7-/m1/s1. The maximum Gasteiger partial charge on any atom is 0.235 e. The molecule has 0 saturated heterocycles. The van der Waals surface area contributed by atoms with Crippen LogP contribution in [0.1, 0.15) is 34.6 Å². The van der Waals surface area contributed by atoms with E-state index in [4.69, 9.17) is 0 Å². The lowest BCUT2D eigenvalue weighted by Gasteiger charge is -1.92. The number of aryl methyl sites for hydroxylation is 2. The Hall–Kier alpha value is -2.05. The number of rotatable bonds is 2. The van der Waals surface area contributed by atoms with Crippen molar-refractivity contribution in [2.75, 3.05) is 0 Å². The molecule has 0 fully saturated rings. The summed E-state index contributed by atoms with van der Waals surface area (Å²) < 4.78 is 16.3. The molecule has 0 aromatic carbocycles. The molecule has 17 heavy (non-hydrogen) atoms. The number of hydrogen-bond acceptors (Lipinski definition) is 4. The molecule has 0 saturated carbocycles. The lowest BCUT2D eigenvalue weighted by molar-refractivity contribution is 0.102. The Kier molecular flexibility index (Phi) is 2.07. The SMILES string of the molecule is Cn1cc(C(=O)c2nc3n(n2)CC[C@H]3F)cn1. The number of hydrogen-bond donors (Lipinski definition) is 0. The second kappa shape index (κ2) is 3.47. The van der Waals surface area contributed by atoms with Crippen molar-refractivity contribution in [3.63, 3.8) is 0 Å². The minimum Gasteiger partial charge on any atom is -0.285 e. The molecule has 3 rings (SSSR count). The second-order valence-corrected chi connectivity index (χ2v) is 4.00. The van der Waals surface area contributed by atoms with E-state index in [0.29, 0.717) is 18.5 Å². The molecule has 0 bridgehead atoms. The second-order valence-electron chi connectivity index (χ2n) is 4.00. The van der Waals surface area contributed by atoms with Gasteiger partial charge in [0.1, 0.15) is 0 Å². The van der Waals surface area contributed by atoms with E-state index in [1.165, 1.54) is 15.6 Å². The fourth-order valence-electron chi connectivity index (χ4n) is 1.88. The topological polar surface area (TPSA) is 65.6 Å². The molecule has 6 nitrogen and oxygen atoms in total. The molecule has 7 heteroatoms. The van der Waals surface area contributed by atoms with Crippen LogP contribution in [0.3, 0.4) is 0 Å². The van der Waals surface area contributed by atoms with Crippen molar-refractivity contribution in [1.82, 2.24) is 24.5 Å². The highest BCUT2D eigenvalue weighted by molar-refractivity contribution is 6.06. The van der Waals surface area contributed by atoms with E-state index in [9.17, 15) is 9.18 Å². The Morgan fingerprint density at radius 1 is 1.59 bits per heavy atom. The summed E-state index contributed by atoms with van der Waals surface area (Å²) in [6, 6.07) is 0. The average Bonchev–Trinajstić information content (AvgIpc) is 2.96. The molecule has 0 spiro atoms. The van der Waals surface area contributed by atoms with Crippen molar-refractivity contribution in [2.45, 2.75) is 19.1 Å². The first-order chi connectivity index (χ1) is 8.15.